The Labute approximate surface area is 129 Å². The van der Waals surface area contributed by atoms with Crippen molar-refractivity contribution in [3.05, 3.63) is 53.3 Å². The number of amides is 2. The van der Waals surface area contributed by atoms with Crippen molar-refractivity contribution >= 4 is 12.0 Å². The minimum atomic E-state index is -0.689. The van der Waals surface area contributed by atoms with Gasteiger partial charge in [0.05, 0.1) is 6.61 Å². The lowest BCUT2D eigenvalue weighted by atomic mass is 10.2. The molecule has 0 aliphatic heterocycles. The van der Waals surface area contributed by atoms with E-state index in [0.717, 1.165) is 17.1 Å². The van der Waals surface area contributed by atoms with Crippen LogP contribution in [0.4, 0.5) is 4.79 Å². The molecule has 22 heavy (non-hydrogen) atoms. The van der Waals surface area contributed by atoms with Crippen LogP contribution in [-0.2, 0) is 4.74 Å². The molecule has 0 saturated heterocycles. The number of carbonyl (C=O) groups excluding carboxylic acids is 2. The number of rotatable bonds is 3. The number of hydrogen-bond donors (Lipinski definition) is 2. The zero-order valence-corrected chi connectivity index (χ0v) is 12.8. The summed E-state index contributed by atoms with van der Waals surface area (Å²) < 4.78 is 6.75. The van der Waals surface area contributed by atoms with Gasteiger partial charge in [-0.2, -0.15) is 0 Å². The smallest absolute Gasteiger partial charge is 0.426 e. The van der Waals surface area contributed by atoms with Crippen LogP contribution >= 0.6 is 0 Å². The Morgan fingerprint density at radius 3 is 2.14 bits per heavy atom. The molecular weight excluding hydrogens is 282 g/mol. The van der Waals surface area contributed by atoms with Crippen LogP contribution in [-0.4, -0.2) is 23.2 Å². The molecule has 6 nitrogen and oxygen atoms in total. The first-order valence-electron chi connectivity index (χ1n) is 7.01. The van der Waals surface area contributed by atoms with Gasteiger partial charge in [-0.25, -0.2) is 10.2 Å². The highest BCUT2D eigenvalue weighted by Crippen LogP contribution is 2.16. The lowest BCUT2D eigenvalue weighted by Gasteiger charge is -2.11. The maximum absolute atomic E-state index is 11.9. The molecular formula is C16H19N3O3. The Kier molecular flexibility index (Phi) is 4.83. The Morgan fingerprint density at radius 2 is 1.59 bits per heavy atom. The Bertz CT molecular complexity index is 655. The lowest BCUT2D eigenvalue weighted by Crippen LogP contribution is -2.41. The van der Waals surface area contributed by atoms with E-state index >= 15 is 0 Å². The predicted molar refractivity (Wildman–Crippen MR) is 82.9 cm³/mol. The van der Waals surface area contributed by atoms with Gasteiger partial charge in [-0.3, -0.25) is 10.2 Å². The van der Waals surface area contributed by atoms with E-state index in [-0.39, 0.29) is 6.61 Å². The quantitative estimate of drug-likeness (QED) is 0.856. The van der Waals surface area contributed by atoms with Crippen molar-refractivity contribution in [3.63, 3.8) is 0 Å². The van der Waals surface area contributed by atoms with Gasteiger partial charge in [0.2, 0.25) is 0 Å². The molecule has 0 aliphatic rings. The third kappa shape index (κ3) is 3.46. The first-order valence-corrected chi connectivity index (χ1v) is 7.01. The minimum Gasteiger partial charge on any atom is -0.449 e. The first kappa shape index (κ1) is 15.6. The fourth-order valence-corrected chi connectivity index (χ4v) is 2.18. The van der Waals surface area contributed by atoms with Crippen LogP contribution in [0.1, 0.15) is 28.7 Å². The van der Waals surface area contributed by atoms with Crippen LogP contribution in [0, 0.1) is 13.8 Å². The van der Waals surface area contributed by atoms with Crippen molar-refractivity contribution in [2.45, 2.75) is 20.8 Å². The third-order valence-corrected chi connectivity index (χ3v) is 3.21. The Balaban J connectivity index is 2.06. The van der Waals surface area contributed by atoms with Crippen LogP contribution in [0.2, 0.25) is 0 Å². The molecule has 0 bridgehead atoms. The molecule has 0 fully saturated rings. The van der Waals surface area contributed by atoms with Gasteiger partial charge in [0.1, 0.15) is 0 Å². The lowest BCUT2D eigenvalue weighted by molar-refractivity contribution is 0.0912. The molecule has 116 valence electrons. The summed E-state index contributed by atoms with van der Waals surface area (Å²) in [4.78, 5) is 23.0. The van der Waals surface area contributed by atoms with Gasteiger partial charge in [0, 0.05) is 22.6 Å². The molecule has 2 rings (SSSR count). The average molecular weight is 301 g/mol. The minimum absolute atomic E-state index is 0.242. The molecule has 6 heteroatoms. The van der Waals surface area contributed by atoms with Gasteiger partial charge in [-0.05, 0) is 57.2 Å². The molecule has 0 saturated carbocycles. The van der Waals surface area contributed by atoms with Crippen LogP contribution in [0.5, 0.6) is 0 Å². The van der Waals surface area contributed by atoms with Gasteiger partial charge in [0.25, 0.3) is 5.91 Å². The number of aromatic nitrogens is 1. The van der Waals surface area contributed by atoms with Crippen molar-refractivity contribution in [3.8, 4) is 5.69 Å². The number of hydrazine groups is 1. The topological polar surface area (TPSA) is 72.4 Å². The highest BCUT2D eigenvalue weighted by Gasteiger charge is 2.09. The zero-order valence-electron chi connectivity index (χ0n) is 12.8. The van der Waals surface area contributed by atoms with Gasteiger partial charge in [0.15, 0.2) is 0 Å². The number of benzene rings is 1. The number of nitrogens with zero attached hydrogens (tertiary/aromatic N) is 1. The second kappa shape index (κ2) is 6.80. The van der Waals surface area contributed by atoms with Crippen molar-refractivity contribution in [2.24, 2.45) is 0 Å². The van der Waals surface area contributed by atoms with Crippen molar-refractivity contribution < 1.29 is 14.3 Å². The molecule has 1 aromatic carbocycles. The summed E-state index contributed by atoms with van der Waals surface area (Å²) in [7, 11) is 0. The molecule has 0 atom stereocenters. The van der Waals surface area contributed by atoms with E-state index in [1.807, 2.05) is 38.1 Å². The van der Waals surface area contributed by atoms with Gasteiger partial charge in [-0.15, -0.1) is 0 Å². The number of carbonyl (C=O) groups is 2. The second-order valence-corrected chi connectivity index (χ2v) is 4.80. The van der Waals surface area contributed by atoms with Crippen LogP contribution < -0.4 is 10.9 Å². The summed E-state index contributed by atoms with van der Waals surface area (Å²) >= 11 is 0. The molecule has 2 aromatic rings. The fourth-order valence-electron chi connectivity index (χ4n) is 2.18. The zero-order chi connectivity index (χ0) is 16.1. The molecule has 0 radical (unpaired) electrons. The van der Waals surface area contributed by atoms with E-state index in [1.54, 1.807) is 19.1 Å². The van der Waals surface area contributed by atoms with E-state index in [4.69, 9.17) is 0 Å². The molecule has 2 N–H and O–H groups in total. The van der Waals surface area contributed by atoms with E-state index < -0.39 is 12.0 Å². The van der Waals surface area contributed by atoms with Crippen molar-refractivity contribution in [1.82, 2.24) is 15.4 Å². The first-order chi connectivity index (χ1) is 10.5. The van der Waals surface area contributed by atoms with Gasteiger partial charge >= 0.3 is 6.09 Å². The molecule has 2 amide bonds. The monoisotopic (exact) mass is 301 g/mol. The highest BCUT2D eigenvalue weighted by atomic mass is 16.5. The molecule has 0 aliphatic carbocycles. The number of aryl methyl sites for hydroxylation is 2. The van der Waals surface area contributed by atoms with Crippen molar-refractivity contribution in [1.29, 1.82) is 0 Å². The average Bonchev–Trinajstić information content (AvgIpc) is 2.84. The van der Waals surface area contributed by atoms with E-state index in [0.29, 0.717) is 5.56 Å². The maximum Gasteiger partial charge on any atom is 0.426 e. The summed E-state index contributed by atoms with van der Waals surface area (Å²) in [5, 5.41) is 0. The van der Waals surface area contributed by atoms with Crippen LogP contribution in [0.25, 0.3) is 5.69 Å². The highest BCUT2D eigenvalue weighted by molar-refractivity contribution is 5.95. The van der Waals surface area contributed by atoms with Gasteiger partial charge in [-0.1, -0.05) is 0 Å². The number of nitrogens with one attached hydrogen (secondary N) is 2. The van der Waals surface area contributed by atoms with Crippen molar-refractivity contribution in [2.75, 3.05) is 6.61 Å². The summed E-state index contributed by atoms with van der Waals surface area (Å²) in [6.07, 6.45) is -0.689. The molecule has 1 heterocycles. The summed E-state index contributed by atoms with van der Waals surface area (Å²) in [5.74, 6) is -0.402. The number of hydrogen-bond acceptors (Lipinski definition) is 3. The number of ether oxygens (including phenoxy) is 1. The fraction of sp³-hybridized carbons (Fsp3) is 0.250. The Hall–Kier alpha value is -2.76. The third-order valence-electron chi connectivity index (χ3n) is 3.21. The second-order valence-electron chi connectivity index (χ2n) is 4.80. The summed E-state index contributed by atoms with van der Waals surface area (Å²) in [5.41, 5.74) is 8.14. The van der Waals surface area contributed by atoms with E-state index in [1.165, 1.54) is 0 Å². The van der Waals surface area contributed by atoms with E-state index in [2.05, 4.69) is 20.2 Å². The van der Waals surface area contributed by atoms with Crippen LogP contribution in [0.15, 0.2) is 36.4 Å². The largest absolute Gasteiger partial charge is 0.449 e. The summed E-state index contributed by atoms with van der Waals surface area (Å²) in [6.45, 7) is 5.98. The standard InChI is InChI=1S/C16H19N3O3/c1-4-22-16(21)18-17-15(20)13-7-9-14(10-8-13)19-11(2)5-6-12(19)3/h5-10H,4H2,1-3H3,(H,17,20)(H,18,21). The Morgan fingerprint density at radius 1 is 1.00 bits per heavy atom. The molecule has 0 unspecified atom stereocenters. The SMILES string of the molecule is CCOC(=O)NNC(=O)c1ccc(-n2c(C)ccc2C)cc1. The normalized spacial score (nSPS) is 10.1. The van der Waals surface area contributed by atoms with Crippen LogP contribution in [0.3, 0.4) is 0 Å². The van der Waals surface area contributed by atoms with Gasteiger partial charge < -0.3 is 9.30 Å². The molecule has 1 aromatic heterocycles. The maximum atomic E-state index is 11.9. The van der Waals surface area contributed by atoms with E-state index in [9.17, 15) is 9.59 Å². The molecule has 0 spiro atoms. The predicted octanol–water partition coefficient (Wildman–Crippen LogP) is 2.49. The summed E-state index contributed by atoms with van der Waals surface area (Å²) in [6, 6.07) is 11.2.